The van der Waals surface area contributed by atoms with Crippen molar-refractivity contribution in [3.05, 3.63) is 0 Å². The van der Waals surface area contributed by atoms with E-state index in [4.69, 9.17) is 4.74 Å². The van der Waals surface area contributed by atoms with E-state index in [-0.39, 0.29) is 0 Å². The summed E-state index contributed by atoms with van der Waals surface area (Å²) in [6.45, 7) is 5.13. The number of hydrogen-bond donors (Lipinski definition) is 1. The quantitative estimate of drug-likeness (QED) is 0.696. The molecule has 0 saturated heterocycles. The molecule has 1 N–H and O–H groups in total. The second kappa shape index (κ2) is 4.83. The Bertz CT molecular complexity index is 125. The third kappa shape index (κ3) is 2.76. The summed E-state index contributed by atoms with van der Waals surface area (Å²) < 4.78 is 5.62. The Hall–Kier alpha value is -0.0800. The molecular formula is C10H21NO. The summed E-state index contributed by atoms with van der Waals surface area (Å²) in [6, 6.07) is 0.698. The largest absolute Gasteiger partial charge is 0.378 e. The van der Waals surface area contributed by atoms with Gasteiger partial charge < -0.3 is 10.1 Å². The van der Waals surface area contributed by atoms with Gasteiger partial charge in [-0.15, -0.1) is 0 Å². The number of hydrogen-bond acceptors (Lipinski definition) is 2. The normalized spacial score (nSPS) is 30.0. The summed E-state index contributed by atoms with van der Waals surface area (Å²) in [6.07, 6.45) is 4.39. The third-order valence-electron chi connectivity index (χ3n) is 2.67. The summed E-state index contributed by atoms with van der Waals surface area (Å²) in [5, 5.41) is 3.36. The second-order valence-electron chi connectivity index (χ2n) is 3.97. The van der Waals surface area contributed by atoms with Crippen LogP contribution in [0.5, 0.6) is 0 Å². The van der Waals surface area contributed by atoms with Gasteiger partial charge in [-0.2, -0.15) is 0 Å². The van der Waals surface area contributed by atoms with Gasteiger partial charge in [0, 0.05) is 6.04 Å². The predicted octanol–water partition coefficient (Wildman–Crippen LogP) is 1.80. The van der Waals surface area contributed by atoms with Crippen LogP contribution in [-0.2, 0) is 4.74 Å². The lowest BCUT2D eigenvalue weighted by atomic mass is 10.1. The van der Waals surface area contributed by atoms with Crippen LogP contribution in [0.4, 0.5) is 0 Å². The van der Waals surface area contributed by atoms with Gasteiger partial charge in [0.05, 0.1) is 12.7 Å². The molecule has 1 aliphatic carbocycles. The van der Waals surface area contributed by atoms with Crippen molar-refractivity contribution in [1.29, 1.82) is 0 Å². The zero-order valence-corrected chi connectivity index (χ0v) is 8.47. The van der Waals surface area contributed by atoms with E-state index in [1.54, 1.807) is 0 Å². The van der Waals surface area contributed by atoms with Crippen molar-refractivity contribution in [1.82, 2.24) is 5.32 Å². The minimum absolute atomic E-state index is 0.378. The van der Waals surface area contributed by atoms with E-state index in [1.807, 2.05) is 0 Å². The molecular weight excluding hydrogens is 150 g/mol. The summed E-state index contributed by atoms with van der Waals surface area (Å²) in [5.74, 6) is 0.748. The lowest BCUT2D eigenvalue weighted by Gasteiger charge is -2.19. The molecule has 0 bridgehead atoms. The maximum Gasteiger partial charge on any atom is 0.0519 e. The van der Waals surface area contributed by atoms with Crippen molar-refractivity contribution >= 4 is 0 Å². The van der Waals surface area contributed by atoms with Crippen LogP contribution in [0.1, 0.15) is 33.1 Å². The minimum atomic E-state index is 0.378. The van der Waals surface area contributed by atoms with E-state index in [0.29, 0.717) is 12.1 Å². The molecule has 1 saturated carbocycles. The molecule has 2 nitrogen and oxygen atoms in total. The van der Waals surface area contributed by atoms with Gasteiger partial charge in [0.15, 0.2) is 0 Å². The maximum atomic E-state index is 5.62. The highest BCUT2D eigenvalue weighted by atomic mass is 16.5. The summed E-state index contributed by atoms with van der Waals surface area (Å²) >= 11 is 0. The summed E-state index contributed by atoms with van der Waals surface area (Å²) in [5.41, 5.74) is 0. The zero-order valence-electron chi connectivity index (χ0n) is 8.47. The first-order valence-corrected chi connectivity index (χ1v) is 5.03. The lowest BCUT2D eigenvalue weighted by molar-refractivity contribution is 0.0467. The van der Waals surface area contributed by atoms with Crippen LogP contribution in [0.2, 0.25) is 0 Å². The van der Waals surface area contributed by atoms with Gasteiger partial charge in [0.1, 0.15) is 0 Å². The van der Waals surface area contributed by atoms with Crippen molar-refractivity contribution in [2.24, 2.45) is 5.92 Å². The first kappa shape index (κ1) is 10.0. The molecule has 0 aromatic carbocycles. The Morgan fingerprint density at radius 1 is 1.42 bits per heavy atom. The third-order valence-corrected chi connectivity index (χ3v) is 2.67. The maximum absolute atomic E-state index is 5.62. The molecule has 1 fully saturated rings. The van der Waals surface area contributed by atoms with Crippen LogP contribution in [0.3, 0.4) is 0 Å². The van der Waals surface area contributed by atoms with Crippen LogP contribution < -0.4 is 5.32 Å². The van der Waals surface area contributed by atoms with Crippen LogP contribution in [0, 0.1) is 5.92 Å². The first-order chi connectivity index (χ1) is 5.74. The lowest BCUT2D eigenvalue weighted by Crippen LogP contribution is -2.32. The predicted molar refractivity (Wildman–Crippen MR) is 51.3 cm³/mol. The SMILES string of the molecule is CN[C@H]1CCCC1COC(C)C. The Morgan fingerprint density at radius 3 is 2.75 bits per heavy atom. The minimum Gasteiger partial charge on any atom is -0.378 e. The molecule has 12 heavy (non-hydrogen) atoms. The highest BCUT2D eigenvalue weighted by Crippen LogP contribution is 2.25. The smallest absolute Gasteiger partial charge is 0.0519 e. The fraction of sp³-hybridized carbons (Fsp3) is 1.00. The second-order valence-corrected chi connectivity index (χ2v) is 3.97. The molecule has 0 radical (unpaired) electrons. The Labute approximate surface area is 75.7 Å². The van der Waals surface area contributed by atoms with E-state index in [9.17, 15) is 0 Å². The monoisotopic (exact) mass is 171 g/mol. The molecule has 0 aromatic heterocycles. The van der Waals surface area contributed by atoms with Gasteiger partial charge in [-0.05, 0) is 39.7 Å². The van der Waals surface area contributed by atoms with Crippen LogP contribution >= 0.6 is 0 Å². The van der Waals surface area contributed by atoms with Gasteiger partial charge in [0.2, 0.25) is 0 Å². The van der Waals surface area contributed by atoms with Crippen molar-refractivity contribution in [3.63, 3.8) is 0 Å². The van der Waals surface area contributed by atoms with Crippen molar-refractivity contribution in [2.45, 2.75) is 45.3 Å². The molecule has 1 aliphatic rings. The van der Waals surface area contributed by atoms with Crippen LogP contribution in [0.25, 0.3) is 0 Å². The molecule has 2 heteroatoms. The zero-order chi connectivity index (χ0) is 8.97. The van der Waals surface area contributed by atoms with Crippen LogP contribution in [0.15, 0.2) is 0 Å². The molecule has 1 rings (SSSR count). The molecule has 0 spiro atoms. The number of rotatable bonds is 4. The fourth-order valence-corrected chi connectivity index (χ4v) is 1.93. The molecule has 2 atom stereocenters. The van der Waals surface area contributed by atoms with Crippen molar-refractivity contribution < 1.29 is 4.74 Å². The van der Waals surface area contributed by atoms with Gasteiger partial charge >= 0.3 is 0 Å². The highest BCUT2D eigenvalue weighted by molar-refractivity contribution is 4.81. The molecule has 0 aliphatic heterocycles. The standard InChI is InChI=1S/C10H21NO/c1-8(2)12-7-9-5-4-6-10(9)11-3/h8-11H,4-7H2,1-3H3/t9?,10-/m0/s1. The average Bonchev–Trinajstić information content (AvgIpc) is 2.47. The molecule has 0 amide bonds. The van der Waals surface area contributed by atoms with E-state index in [1.165, 1.54) is 19.3 Å². The molecule has 0 aromatic rings. The van der Waals surface area contributed by atoms with E-state index >= 15 is 0 Å². The van der Waals surface area contributed by atoms with Gasteiger partial charge in [-0.25, -0.2) is 0 Å². The number of ether oxygens (including phenoxy) is 1. The van der Waals surface area contributed by atoms with Crippen molar-refractivity contribution in [3.8, 4) is 0 Å². The highest BCUT2D eigenvalue weighted by Gasteiger charge is 2.25. The van der Waals surface area contributed by atoms with Crippen molar-refractivity contribution in [2.75, 3.05) is 13.7 Å². The first-order valence-electron chi connectivity index (χ1n) is 5.03. The average molecular weight is 171 g/mol. The van der Waals surface area contributed by atoms with E-state index < -0.39 is 0 Å². The molecule has 72 valence electrons. The van der Waals surface area contributed by atoms with E-state index in [0.717, 1.165) is 12.5 Å². The number of nitrogens with one attached hydrogen (secondary N) is 1. The van der Waals surface area contributed by atoms with Gasteiger partial charge in [-0.1, -0.05) is 6.42 Å². The van der Waals surface area contributed by atoms with E-state index in [2.05, 4.69) is 26.2 Å². The summed E-state index contributed by atoms with van der Waals surface area (Å²) in [7, 11) is 2.05. The summed E-state index contributed by atoms with van der Waals surface area (Å²) in [4.78, 5) is 0. The van der Waals surface area contributed by atoms with Gasteiger partial charge in [0.25, 0.3) is 0 Å². The Morgan fingerprint density at radius 2 is 2.17 bits per heavy atom. The van der Waals surface area contributed by atoms with Crippen LogP contribution in [-0.4, -0.2) is 25.8 Å². The molecule has 1 unspecified atom stereocenters. The Balaban J connectivity index is 2.21. The fourth-order valence-electron chi connectivity index (χ4n) is 1.93. The topological polar surface area (TPSA) is 21.3 Å². The molecule has 0 heterocycles. The Kier molecular flexibility index (Phi) is 4.02. The van der Waals surface area contributed by atoms with Gasteiger partial charge in [-0.3, -0.25) is 0 Å².